The van der Waals surface area contributed by atoms with E-state index in [1.54, 1.807) is 0 Å². The van der Waals surface area contributed by atoms with Crippen LogP contribution >= 0.6 is 0 Å². The first-order valence-corrected chi connectivity index (χ1v) is 19.0. The molecule has 6 N–H and O–H groups in total. The van der Waals surface area contributed by atoms with Gasteiger partial charge in [-0.3, -0.25) is 19.3 Å². The minimum Gasteiger partial charge on any atom is -0.481 e. The fourth-order valence-electron chi connectivity index (χ4n) is 8.70. The number of rotatable bonds is 18. The van der Waals surface area contributed by atoms with E-state index in [2.05, 4.69) is 57.2 Å². The quantitative estimate of drug-likeness (QED) is 0.112. The summed E-state index contributed by atoms with van der Waals surface area (Å²) in [6.45, 7) is 6.65. The number of carbonyl (C=O) groups is 3. The minimum absolute atomic E-state index is 0.119. The molecule has 0 spiro atoms. The first-order valence-electron chi connectivity index (χ1n) is 19.0. The topological polar surface area (TPSA) is 151 Å². The molecule has 0 aromatic heterocycles. The molecule has 278 valence electrons. The maximum Gasteiger partial charge on any atom is 0.307 e. The van der Waals surface area contributed by atoms with E-state index in [1.165, 1.54) is 0 Å². The van der Waals surface area contributed by atoms with E-state index in [0.29, 0.717) is 38.9 Å². The molecule has 3 heterocycles. The van der Waals surface area contributed by atoms with Crippen LogP contribution in [0.25, 0.3) is 0 Å². The van der Waals surface area contributed by atoms with Crippen molar-refractivity contribution in [2.45, 2.75) is 58.2 Å². The standard InChI is InChI=1S/C42H54N4O6/c47-40(48)37(34-10-13-43-22-34)19-28-4-1-7-31(16-28)25-46(26-32-8-2-5-29(17-32)20-38(41(49)50)35-11-14-44-23-35)27-33-9-3-6-30(18-33)21-39(42(51)52)36-12-15-45-24-36/h1-9,16-18,34-39,43-45H,10-15,19-27H2,(H,47,48)(H,49,50)(H,51,52)/t34-,35-,36-,37-,38-,39?/m0/s1. The number of aliphatic carboxylic acids is 3. The Bertz CT molecular complexity index is 1470. The van der Waals surface area contributed by atoms with Crippen molar-refractivity contribution >= 4 is 17.9 Å². The fraction of sp³-hybridized carbons (Fsp3) is 0.500. The molecule has 0 bridgehead atoms. The molecule has 6 rings (SSSR count). The molecule has 3 aliphatic heterocycles. The number of benzene rings is 3. The second-order valence-electron chi connectivity index (χ2n) is 15.3. The highest BCUT2D eigenvalue weighted by atomic mass is 16.4. The Labute approximate surface area is 307 Å². The Morgan fingerprint density at radius 1 is 0.519 bits per heavy atom. The third-order valence-electron chi connectivity index (χ3n) is 11.5. The molecule has 3 saturated heterocycles. The molecule has 3 aromatic carbocycles. The Hall–Kier alpha value is -4.09. The Morgan fingerprint density at radius 3 is 1.06 bits per heavy atom. The van der Waals surface area contributed by atoms with Crippen molar-refractivity contribution < 1.29 is 29.7 Å². The van der Waals surface area contributed by atoms with E-state index >= 15 is 0 Å². The highest BCUT2D eigenvalue weighted by Crippen LogP contribution is 2.28. The zero-order valence-corrected chi connectivity index (χ0v) is 30.0. The second kappa shape index (κ2) is 18.1. The van der Waals surface area contributed by atoms with Gasteiger partial charge in [0.15, 0.2) is 0 Å². The molecule has 6 atom stereocenters. The smallest absolute Gasteiger partial charge is 0.307 e. The van der Waals surface area contributed by atoms with Crippen molar-refractivity contribution in [1.29, 1.82) is 0 Å². The highest BCUT2D eigenvalue weighted by Gasteiger charge is 2.33. The maximum absolute atomic E-state index is 12.3. The predicted octanol–water partition coefficient (Wildman–Crippen LogP) is 4.45. The van der Waals surface area contributed by atoms with Gasteiger partial charge in [-0.1, -0.05) is 72.8 Å². The summed E-state index contributed by atoms with van der Waals surface area (Å²) in [6, 6.07) is 24.8. The molecule has 52 heavy (non-hydrogen) atoms. The van der Waals surface area contributed by atoms with E-state index in [4.69, 9.17) is 0 Å². The summed E-state index contributed by atoms with van der Waals surface area (Å²) in [4.78, 5) is 39.2. The average Bonchev–Trinajstić information content (AvgIpc) is 3.94. The van der Waals surface area contributed by atoms with Gasteiger partial charge in [0.25, 0.3) is 0 Å². The third-order valence-corrected chi connectivity index (χ3v) is 11.5. The summed E-state index contributed by atoms with van der Waals surface area (Å²) >= 11 is 0. The maximum atomic E-state index is 12.3. The van der Waals surface area contributed by atoms with Gasteiger partial charge in [-0.05, 0) is 129 Å². The molecule has 0 saturated carbocycles. The molecule has 0 amide bonds. The Balaban J connectivity index is 1.22. The lowest BCUT2D eigenvalue weighted by atomic mass is 9.85. The number of hydrogen-bond acceptors (Lipinski definition) is 7. The lowest BCUT2D eigenvalue weighted by Crippen LogP contribution is -2.28. The van der Waals surface area contributed by atoms with Crippen LogP contribution in [0.1, 0.15) is 52.6 Å². The Morgan fingerprint density at radius 2 is 0.808 bits per heavy atom. The van der Waals surface area contributed by atoms with Crippen LogP contribution in [0.4, 0.5) is 0 Å². The lowest BCUT2D eigenvalue weighted by molar-refractivity contribution is -0.144. The van der Waals surface area contributed by atoms with Gasteiger partial charge >= 0.3 is 17.9 Å². The second-order valence-corrected chi connectivity index (χ2v) is 15.3. The van der Waals surface area contributed by atoms with Crippen molar-refractivity contribution in [1.82, 2.24) is 20.9 Å². The van der Waals surface area contributed by atoms with Gasteiger partial charge in [-0.25, -0.2) is 0 Å². The number of nitrogens with zero attached hydrogens (tertiary/aromatic N) is 1. The van der Waals surface area contributed by atoms with Crippen LogP contribution in [0.15, 0.2) is 72.8 Å². The summed E-state index contributed by atoms with van der Waals surface area (Å²) < 4.78 is 0. The third kappa shape index (κ3) is 10.3. The molecule has 10 heteroatoms. The van der Waals surface area contributed by atoms with Gasteiger partial charge in [-0.15, -0.1) is 0 Å². The fourth-order valence-corrected chi connectivity index (χ4v) is 8.70. The van der Waals surface area contributed by atoms with Crippen LogP contribution in [-0.2, 0) is 53.3 Å². The molecule has 3 fully saturated rings. The molecular weight excluding hydrogens is 656 g/mol. The first kappa shape index (κ1) is 37.7. The van der Waals surface area contributed by atoms with E-state index < -0.39 is 35.7 Å². The van der Waals surface area contributed by atoms with Crippen LogP contribution in [0, 0.1) is 35.5 Å². The molecule has 10 nitrogen and oxygen atoms in total. The van der Waals surface area contributed by atoms with Crippen LogP contribution in [0.3, 0.4) is 0 Å². The zero-order valence-electron chi connectivity index (χ0n) is 30.0. The number of nitrogens with one attached hydrogen (secondary N) is 3. The predicted molar refractivity (Wildman–Crippen MR) is 200 cm³/mol. The minimum atomic E-state index is -0.746. The van der Waals surface area contributed by atoms with Crippen LogP contribution in [0.5, 0.6) is 0 Å². The molecule has 3 aromatic rings. The van der Waals surface area contributed by atoms with Crippen LogP contribution < -0.4 is 16.0 Å². The summed E-state index contributed by atoms with van der Waals surface area (Å²) in [7, 11) is 0. The van der Waals surface area contributed by atoms with Gasteiger partial charge in [0, 0.05) is 19.6 Å². The first-order chi connectivity index (χ1) is 25.2. The van der Waals surface area contributed by atoms with Crippen molar-refractivity contribution in [2.75, 3.05) is 39.3 Å². The van der Waals surface area contributed by atoms with E-state index in [9.17, 15) is 29.7 Å². The van der Waals surface area contributed by atoms with Crippen LogP contribution in [-0.4, -0.2) is 77.4 Å². The largest absolute Gasteiger partial charge is 0.481 e. The van der Waals surface area contributed by atoms with Gasteiger partial charge < -0.3 is 31.3 Å². The van der Waals surface area contributed by atoms with Crippen molar-refractivity contribution in [3.63, 3.8) is 0 Å². The number of carboxylic acids is 3. The molecule has 0 radical (unpaired) electrons. The number of carboxylic acid groups (broad SMARTS) is 3. The summed E-state index contributed by atoms with van der Waals surface area (Å²) in [6.07, 6.45) is 4.08. The lowest BCUT2D eigenvalue weighted by Gasteiger charge is -2.25. The summed E-state index contributed by atoms with van der Waals surface area (Å²) in [5.41, 5.74) is 6.34. The monoisotopic (exact) mass is 710 g/mol. The molecule has 3 aliphatic rings. The van der Waals surface area contributed by atoms with Crippen molar-refractivity contribution in [3.8, 4) is 0 Å². The normalized spacial score (nSPS) is 22.0. The highest BCUT2D eigenvalue weighted by molar-refractivity contribution is 5.72. The van der Waals surface area contributed by atoms with Crippen molar-refractivity contribution in [2.24, 2.45) is 35.5 Å². The van der Waals surface area contributed by atoms with Crippen LogP contribution in [0.2, 0.25) is 0 Å². The summed E-state index contributed by atoms with van der Waals surface area (Å²) in [5.74, 6) is -3.18. The molecule has 1 unspecified atom stereocenters. The van der Waals surface area contributed by atoms with E-state index in [1.807, 2.05) is 36.4 Å². The SMILES string of the molecule is O=C(O)C(Cc1cccc(CN(Cc2cccc(C[C@H](C(=O)O)[C@H]3CCNC3)c2)Cc2cccc(C[C@H](C(=O)O)[C@H]3CCNC3)c2)c1)[C@H]1CCNC1. The van der Waals surface area contributed by atoms with Crippen molar-refractivity contribution in [3.05, 3.63) is 106 Å². The zero-order chi connectivity index (χ0) is 36.5. The average molecular weight is 711 g/mol. The summed E-state index contributed by atoms with van der Waals surface area (Å²) in [5, 5.41) is 40.1. The van der Waals surface area contributed by atoms with Gasteiger partial charge in [0.05, 0.1) is 17.8 Å². The van der Waals surface area contributed by atoms with E-state index in [-0.39, 0.29) is 17.8 Å². The molecular formula is C42H54N4O6. The number of hydrogen-bond donors (Lipinski definition) is 6. The van der Waals surface area contributed by atoms with E-state index in [0.717, 1.165) is 91.9 Å². The van der Waals surface area contributed by atoms with Gasteiger partial charge in [0.2, 0.25) is 0 Å². The Kier molecular flexibility index (Phi) is 13.1. The van der Waals surface area contributed by atoms with Gasteiger partial charge in [0.1, 0.15) is 0 Å². The molecule has 0 aliphatic carbocycles. The van der Waals surface area contributed by atoms with Gasteiger partial charge in [-0.2, -0.15) is 0 Å².